The molecule has 0 saturated carbocycles. The second-order valence-electron chi connectivity index (χ2n) is 4.59. The highest BCUT2D eigenvalue weighted by molar-refractivity contribution is 6.31. The van der Waals surface area contributed by atoms with Gasteiger partial charge in [0.15, 0.2) is 11.3 Å². The third-order valence-corrected chi connectivity index (χ3v) is 3.40. The van der Waals surface area contributed by atoms with E-state index in [4.69, 9.17) is 26.5 Å². The Bertz CT molecular complexity index is 803. The molecule has 2 N–H and O–H groups in total. The van der Waals surface area contributed by atoms with E-state index in [2.05, 4.69) is 4.98 Å². The van der Waals surface area contributed by atoms with Crippen LogP contribution in [-0.2, 0) is 0 Å². The van der Waals surface area contributed by atoms with Crippen molar-refractivity contribution in [3.63, 3.8) is 0 Å². The summed E-state index contributed by atoms with van der Waals surface area (Å²) >= 11 is 6.02. The van der Waals surface area contributed by atoms with Gasteiger partial charge in [-0.3, -0.25) is 4.98 Å². The molecule has 0 spiro atoms. The maximum absolute atomic E-state index is 13.2. The topological polar surface area (TPSA) is 61.3 Å². The van der Waals surface area contributed by atoms with Crippen LogP contribution in [0.5, 0.6) is 5.75 Å². The van der Waals surface area contributed by atoms with Crippen LogP contribution in [0.2, 0.25) is 5.02 Å². The van der Waals surface area contributed by atoms with Crippen LogP contribution in [0, 0.1) is 5.82 Å². The quantitative estimate of drug-likeness (QED) is 0.802. The Morgan fingerprint density at radius 2 is 2.10 bits per heavy atom. The number of nitrogens with two attached hydrogens (primary N) is 1. The average molecular weight is 307 g/mol. The first-order chi connectivity index (χ1) is 10.1. The Balaban J connectivity index is 2.08. The van der Waals surface area contributed by atoms with Crippen molar-refractivity contribution in [3.8, 4) is 5.75 Å². The number of pyridine rings is 1. The third-order valence-electron chi connectivity index (χ3n) is 3.18. The number of methoxy groups -OCH3 is 1. The predicted molar refractivity (Wildman–Crippen MR) is 78.0 cm³/mol. The van der Waals surface area contributed by atoms with E-state index < -0.39 is 11.9 Å². The minimum absolute atomic E-state index is 0.445. The molecule has 1 unspecified atom stereocenters. The number of halogens is 2. The summed E-state index contributed by atoms with van der Waals surface area (Å²) in [7, 11) is 1.53. The minimum atomic E-state index is -0.621. The largest absolute Gasteiger partial charge is 0.493 e. The van der Waals surface area contributed by atoms with Gasteiger partial charge < -0.3 is 14.9 Å². The van der Waals surface area contributed by atoms with Gasteiger partial charge in [0.2, 0.25) is 0 Å². The van der Waals surface area contributed by atoms with E-state index in [9.17, 15) is 4.39 Å². The first-order valence-electron chi connectivity index (χ1n) is 6.21. The summed E-state index contributed by atoms with van der Waals surface area (Å²) in [6.45, 7) is 0. The van der Waals surface area contributed by atoms with E-state index in [1.165, 1.54) is 19.4 Å². The van der Waals surface area contributed by atoms with Crippen LogP contribution in [0.25, 0.3) is 11.0 Å². The van der Waals surface area contributed by atoms with Gasteiger partial charge in [0, 0.05) is 22.7 Å². The normalized spacial score (nSPS) is 12.6. The third kappa shape index (κ3) is 2.57. The van der Waals surface area contributed by atoms with Crippen molar-refractivity contribution in [2.45, 2.75) is 6.04 Å². The lowest BCUT2D eigenvalue weighted by molar-refractivity contribution is 0.406. The number of nitrogens with zero attached hydrogens (tertiary/aromatic N) is 1. The molecule has 2 aromatic heterocycles. The lowest BCUT2D eigenvalue weighted by atomic mass is 10.1. The molecular formula is C15H12ClFN2O2. The first kappa shape index (κ1) is 13.9. The Hall–Kier alpha value is -2.11. The molecule has 1 atom stereocenters. The number of hydrogen-bond acceptors (Lipinski definition) is 4. The van der Waals surface area contributed by atoms with Crippen molar-refractivity contribution in [1.82, 2.24) is 4.98 Å². The molecule has 4 nitrogen and oxygen atoms in total. The van der Waals surface area contributed by atoms with Gasteiger partial charge in [0.05, 0.1) is 19.3 Å². The van der Waals surface area contributed by atoms with Gasteiger partial charge in [0.25, 0.3) is 0 Å². The molecule has 0 bridgehead atoms. The zero-order chi connectivity index (χ0) is 15.0. The van der Waals surface area contributed by atoms with Crippen molar-refractivity contribution < 1.29 is 13.5 Å². The van der Waals surface area contributed by atoms with Gasteiger partial charge in [-0.15, -0.1) is 0 Å². The predicted octanol–water partition coefficient (Wildman–Crippen LogP) is 3.68. The number of benzene rings is 1. The van der Waals surface area contributed by atoms with E-state index in [1.54, 1.807) is 18.2 Å². The fourth-order valence-electron chi connectivity index (χ4n) is 2.17. The van der Waals surface area contributed by atoms with E-state index in [0.29, 0.717) is 27.7 Å². The van der Waals surface area contributed by atoms with Crippen molar-refractivity contribution in [2.75, 3.05) is 7.11 Å². The van der Waals surface area contributed by atoms with Crippen LogP contribution in [-0.4, -0.2) is 12.1 Å². The van der Waals surface area contributed by atoms with Gasteiger partial charge in [-0.1, -0.05) is 11.6 Å². The van der Waals surface area contributed by atoms with Gasteiger partial charge >= 0.3 is 0 Å². The number of aromatic nitrogens is 1. The van der Waals surface area contributed by atoms with Crippen LogP contribution in [0.1, 0.15) is 17.4 Å². The van der Waals surface area contributed by atoms with Gasteiger partial charge in [-0.25, -0.2) is 4.39 Å². The summed E-state index contributed by atoms with van der Waals surface area (Å²) in [5, 5.41) is 1.31. The van der Waals surface area contributed by atoms with Crippen LogP contribution in [0.15, 0.2) is 41.1 Å². The van der Waals surface area contributed by atoms with E-state index in [-0.39, 0.29) is 0 Å². The summed E-state index contributed by atoms with van der Waals surface area (Å²) < 4.78 is 24.2. The van der Waals surface area contributed by atoms with Gasteiger partial charge in [-0.05, 0) is 23.8 Å². The van der Waals surface area contributed by atoms with E-state index >= 15 is 0 Å². The Morgan fingerprint density at radius 3 is 2.81 bits per heavy atom. The molecule has 0 aliphatic heterocycles. The van der Waals surface area contributed by atoms with Gasteiger partial charge in [0.1, 0.15) is 11.6 Å². The Kier molecular flexibility index (Phi) is 3.53. The number of hydrogen-bond donors (Lipinski definition) is 1. The zero-order valence-electron chi connectivity index (χ0n) is 11.1. The van der Waals surface area contributed by atoms with E-state index in [1.807, 2.05) is 0 Å². The minimum Gasteiger partial charge on any atom is -0.493 e. The highest BCUT2D eigenvalue weighted by Gasteiger charge is 2.17. The Morgan fingerprint density at radius 1 is 1.29 bits per heavy atom. The Labute approximate surface area is 125 Å². The average Bonchev–Trinajstić information content (AvgIpc) is 2.89. The zero-order valence-corrected chi connectivity index (χ0v) is 11.9. The maximum Gasteiger partial charge on any atom is 0.176 e. The second-order valence-corrected chi connectivity index (χ2v) is 5.03. The standard InChI is InChI=1S/C15H12ClFN2O2/c1-20-13-5-10(16)2-8-4-12(21-15(8)13)14(18)9-3-11(17)7-19-6-9/h2-7,14H,18H2,1H3. The maximum atomic E-state index is 13.2. The smallest absolute Gasteiger partial charge is 0.176 e. The molecule has 6 heteroatoms. The van der Waals surface area contributed by atoms with Crippen LogP contribution in [0.4, 0.5) is 4.39 Å². The number of furan rings is 1. The first-order valence-corrected chi connectivity index (χ1v) is 6.59. The van der Waals surface area contributed by atoms with E-state index in [0.717, 1.165) is 11.6 Å². The monoisotopic (exact) mass is 306 g/mol. The van der Waals surface area contributed by atoms with Gasteiger partial charge in [-0.2, -0.15) is 0 Å². The highest BCUT2D eigenvalue weighted by atomic mass is 35.5. The molecule has 0 aliphatic carbocycles. The molecule has 0 aliphatic rings. The summed E-state index contributed by atoms with van der Waals surface area (Å²) in [5.74, 6) is 0.561. The lowest BCUT2D eigenvalue weighted by Gasteiger charge is -2.08. The summed E-state index contributed by atoms with van der Waals surface area (Å²) in [4.78, 5) is 3.79. The summed E-state index contributed by atoms with van der Waals surface area (Å²) in [6, 6.07) is 5.88. The van der Waals surface area contributed by atoms with Crippen LogP contribution < -0.4 is 10.5 Å². The number of fused-ring (bicyclic) bond motifs is 1. The molecular weight excluding hydrogens is 295 g/mol. The molecule has 0 amide bonds. The summed E-state index contributed by atoms with van der Waals surface area (Å²) in [5.41, 5.74) is 7.18. The van der Waals surface area contributed by atoms with Crippen molar-refractivity contribution in [2.24, 2.45) is 5.73 Å². The molecule has 3 rings (SSSR count). The SMILES string of the molecule is COc1cc(Cl)cc2cc(C(N)c3cncc(F)c3)oc12. The molecule has 1 aromatic carbocycles. The molecule has 2 heterocycles. The van der Waals surface area contributed by atoms with Crippen LogP contribution >= 0.6 is 11.6 Å². The number of rotatable bonds is 3. The molecule has 108 valence electrons. The van der Waals surface area contributed by atoms with Crippen molar-refractivity contribution in [1.29, 1.82) is 0 Å². The second kappa shape index (κ2) is 5.35. The van der Waals surface area contributed by atoms with Crippen molar-refractivity contribution >= 4 is 22.6 Å². The fourth-order valence-corrected chi connectivity index (χ4v) is 2.39. The highest BCUT2D eigenvalue weighted by Crippen LogP contribution is 2.34. The molecule has 21 heavy (non-hydrogen) atoms. The van der Waals surface area contributed by atoms with Crippen LogP contribution in [0.3, 0.4) is 0 Å². The summed E-state index contributed by atoms with van der Waals surface area (Å²) in [6.07, 6.45) is 2.63. The lowest BCUT2D eigenvalue weighted by Crippen LogP contribution is -2.11. The van der Waals surface area contributed by atoms with Crippen molar-refractivity contribution in [3.05, 3.63) is 58.8 Å². The molecule has 0 radical (unpaired) electrons. The molecule has 0 saturated heterocycles. The molecule has 0 fully saturated rings. The molecule has 3 aromatic rings. The number of ether oxygens (including phenoxy) is 1. The fraction of sp³-hybridized carbons (Fsp3) is 0.133.